The second-order valence-electron chi connectivity index (χ2n) is 11.2. The highest BCUT2D eigenvalue weighted by molar-refractivity contribution is 6.10. The lowest BCUT2D eigenvalue weighted by Crippen LogP contribution is -2.37. The molecule has 3 aromatic rings. The number of methoxy groups -OCH3 is 2. The van der Waals surface area contributed by atoms with Crippen LogP contribution in [0.25, 0.3) is 0 Å². The van der Waals surface area contributed by atoms with Crippen molar-refractivity contribution >= 4 is 23.1 Å². The summed E-state index contributed by atoms with van der Waals surface area (Å²) in [6.07, 6.45) is 0.990. The van der Waals surface area contributed by atoms with Crippen LogP contribution in [0.5, 0.6) is 11.5 Å². The molecule has 0 fully saturated rings. The van der Waals surface area contributed by atoms with Crippen molar-refractivity contribution in [3.8, 4) is 11.5 Å². The lowest BCUT2D eigenvalue weighted by atomic mass is 9.71. The van der Waals surface area contributed by atoms with E-state index in [1.807, 2.05) is 56.3 Å². The van der Waals surface area contributed by atoms with Crippen molar-refractivity contribution in [2.24, 2.45) is 0 Å². The molecule has 0 saturated heterocycles. The standard InChI is InChI=1S/C36H41N3O4/c1-7-39(8-2)27-16-13-24(14-17-27)34-33(36(41)38-28-12-10-9-11-22(28)3)23(4)37-29-19-26(20-30(40)35(29)34)25-15-18-31(42-5)32(21-25)43-6/h9-18,21,26,34,37H,7-8,19-20H2,1-6H3,(H,38,41)/t26-,34-/m1/s1. The van der Waals surface area contributed by atoms with Crippen molar-refractivity contribution in [3.63, 3.8) is 0 Å². The smallest absolute Gasteiger partial charge is 0.254 e. The molecule has 43 heavy (non-hydrogen) atoms. The zero-order valence-electron chi connectivity index (χ0n) is 25.9. The Morgan fingerprint density at radius 1 is 0.907 bits per heavy atom. The predicted octanol–water partition coefficient (Wildman–Crippen LogP) is 6.86. The van der Waals surface area contributed by atoms with Gasteiger partial charge in [-0.1, -0.05) is 36.4 Å². The van der Waals surface area contributed by atoms with E-state index in [9.17, 15) is 9.59 Å². The molecule has 0 saturated carbocycles. The van der Waals surface area contributed by atoms with Crippen LogP contribution in [0.2, 0.25) is 0 Å². The van der Waals surface area contributed by atoms with Gasteiger partial charge in [0.05, 0.1) is 14.2 Å². The maximum atomic E-state index is 14.1. The number of nitrogens with one attached hydrogen (secondary N) is 2. The number of aryl methyl sites for hydroxylation is 1. The lowest BCUT2D eigenvalue weighted by molar-refractivity contribution is -0.116. The van der Waals surface area contributed by atoms with E-state index in [1.54, 1.807) is 14.2 Å². The molecule has 224 valence electrons. The molecule has 2 aliphatic rings. The number of hydrogen-bond donors (Lipinski definition) is 2. The molecule has 0 radical (unpaired) electrons. The summed E-state index contributed by atoms with van der Waals surface area (Å²) in [7, 11) is 3.23. The zero-order valence-corrected chi connectivity index (χ0v) is 25.9. The van der Waals surface area contributed by atoms with Crippen LogP contribution in [0.3, 0.4) is 0 Å². The number of amides is 1. The first-order chi connectivity index (χ1) is 20.8. The van der Waals surface area contributed by atoms with Gasteiger partial charge in [0.15, 0.2) is 17.3 Å². The lowest BCUT2D eigenvalue weighted by Gasteiger charge is -2.37. The normalized spacial score (nSPS) is 18.1. The van der Waals surface area contributed by atoms with Crippen molar-refractivity contribution in [2.75, 3.05) is 37.5 Å². The van der Waals surface area contributed by atoms with Crippen molar-refractivity contribution in [1.29, 1.82) is 0 Å². The van der Waals surface area contributed by atoms with Crippen LogP contribution in [0.1, 0.15) is 62.1 Å². The number of nitrogens with zero attached hydrogens (tertiary/aromatic N) is 1. The molecule has 3 aromatic carbocycles. The van der Waals surface area contributed by atoms with Gasteiger partial charge in [0.1, 0.15) is 0 Å². The average molecular weight is 580 g/mol. The number of carbonyl (C=O) groups excluding carboxylic acids is 2. The first-order valence-electron chi connectivity index (χ1n) is 15.0. The molecule has 7 heteroatoms. The molecular formula is C36H41N3O4. The molecular weight excluding hydrogens is 538 g/mol. The largest absolute Gasteiger partial charge is 0.493 e. The number of rotatable bonds is 9. The van der Waals surface area contributed by atoms with Gasteiger partial charge in [-0.15, -0.1) is 0 Å². The number of hydrogen-bond acceptors (Lipinski definition) is 6. The van der Waals surface area contributed by atoms with Gasteiger partial charge in [-0.05, 0) is 87.1 Å². The van der Waals surface area contributed by atoms with E-state index >= 15 is 0 Å². The van der Waals surface area contributed by atoms with Gasteiger partial charge in [0, 0.05) is 59.3 Å². The summed E-state index contributed by atoms with van der Waals surface area (Å²) < 4.78 is 11.0. The number of ether oxygens (including phenoxy) is 2. The summed E-state index contributed by atoms with van der Waals surface area (Å²) in [5.74, 6) is 0.615. The number of ketones is 1. The highest BCUT2D eigenvalue weighted by Crippen LogP contribution is 2.46. The first kappa shape index (κ1) is 30.0. The van der Waals surface area contributed by atoms with Crippen molar-refractivity contribution < 1.29 is 19.1 Å². The van der Waals surface area contributed by atoms with Crippen LogP contribution in [0.15, 0.2) is 89.3 Å². The summed E-state index contributed by atoms with van der Waals surface area (Å²) in [5, 5.41) is 6.61. The summed E-state index contributed by atoms with van der Waals surface area (Å²) in [5.41, 5.74) is 7.66. The van der Waals surface area contributed by atoms with Crippen molar-refractivity contribution in [1.82, 2.24) is 5.32 Å². The van der Waals surface area contributed by atoms with Crippen LogP contribution in [0.4, 0.5) is 11.4 Å². The molecule has 1 aliphatic carbocycles. The van der Waals surface area contributed by atoms with Gasteiger partial charge in [0.25, 0.3) is 5.91 Å². The van der Waals surface area contributed by atoms with Crippen molar-refractivity contribution in [2.45, 2.75) is 52.4 Å². The number of carbonyl (C=O) groups is 2. The molecule has 1 aliphatic heterocycles. The van der Waals surface area contributed by atoms with Gasteiger partial charge in [0.2, 0.25) is 0 Å². The minimum absolute atomic E-state index is 0.0283. The molecule has 5 rings (SSSR count). The van der Waals surface area contributed by atoms with Crippen molar-refractivity contribution in [3.05, 3.63) is 106 Å². The number of Topliss-reactive ketones (excluding diaryl/α,β-unsaturated/α-hetero) is 1. The third-order valence-corrected chi connectivity index (χ3v) is 8.70. The Morgan fingerprint density at radius 2 is 1.58 bits per heavy atom. The van der Waals surface area contributed by atoms with Gasteiger partial charge >= 0.3 is 0 Å². The van der Waals surface area contributed by atoms with Gasteiger partial charge in [-0.25, -0.2) is 0 Å². The van der Waals surface area contributed by atoms with Gasteiger partial charge in [-0.2, -0.15) is 0 Å². The van der Waals surface area contributed by atoms with E-state index in [1.165, 1.54) is 0 Å². The fourth-order valence-electron chi connectivity index (χ4n) is 6.38. The molecule has 2 atom stereocenters. The predicted molar refractivity (Wildman–Crippen MR) is 172 cm³/mol. The fraction of sp³-hybridized carbons (Fsp3) is 0.333. The Kier molecular flexibility index (Phi) is 8.90. The summed E-state index contributed by atoms with van der Waals surface area (Å²) in [6, 6.07) is 21.9. The summed E-state index contributed by atoms with van der Waals surface area (Å²) in [4.78, 5) is 30.4. The number of allylic oxidation sites excluding steroid dienone is 3. The van der Waals surface area contributed by atoms with Crippen LogP contribution in [0, 0.1) is 6.92 Å². The minimum atomic E-state index is -0.482. The highest BCUT2D eigenvalue weighted by atomic mass is 16.5. The van der Waals surface area contributed by atoms with E-state index < -0.39 is 5.92 Å². The number of dihydropyridines is 1. The van der Waals surface area contributed by atoms with E-state index in [0.717, 1.165) is 52.5 Å². The summed E-state index contributed by atoms with van der Waals surface area (Å²) in [6.45, 7) is 9.97. The van der Waals surface area contributed by atoms with E-state index in [4.69, 9.17) is 9.47 Å². The molecule has 1 amide bonds. The van der Waals surface area contributed by atoms with E-state index in [-0.39, 0.29) is 17.6 Å². The Hall–Kier alpha value is -4.52. The number of anilines is 2. The monoisotopic (exact) mass is 579 g/mol. The second-order valence-corrected chi connectivity index (χ2v) is 11.2. The topological polar surface area (TPSA) is 79.9 Å². The maximum absolute atomic E-state index is 14.1. The minimum Gasteiger partial charge on any atom is -0.493 e. The fourth-order valence-corrected chi connectivity index (χ4v) is 6.38. The molecule has 0 unspecified atom stereocenters. The SMILES string of the molecule is CCN(CC)c1ccc([C@@H]2C(C(=O)Nc3ccccc3C)=C(C)NC3=C2C(=O)C[C@H](c2ccc(OC)c(OC)c2)C3)cc1. The molecule has 2 N–H and O–H groups in total. The Balaban J connectivity index is 1.56. The molecule has 0 bridgehead atoms. The molecule has 0 aromatic heterocycles. The summed E-state index contributed by atoms with van der Waals surface area (Å²) >= 11 is 0. The molecule has 0 spiro atoms. The van der Waals surface area contributed by atoms with Gasteiger partial charge in [-0.3, -0.25) is 9.59 Å². The highest BCUT2D eigenvalue weighted by Gasteiger charge is 2.41. The maximum Gasteiger partial charge on any atom is 0.254 e. The Bertz CT molecular complexity index is 1580. The average Bonchev–Trinajstić information content (AvgIpc) is 3.02. The zero-order chi connectivity index (χ0) is 30.7. The third kappa shape index (κ3) is 5.89. The van der Waals surface area contributed by atoms with Crippen LogP contribution < -0.4 is 25.0 Å². The Morgan fingerprint density at radius 3 is 2.23 bits per heavy atom. The van der Waals surface area contributed by atoms with E-state index in [2.05, 4.69) is 53.6 Å². The van der Waals surface area contributed by atoms with Crippen LogP contribution >= 0.6 is 0 Å². The van der Waals surface area contributed by atoms with Crippen LogP contribution in [-0.4, -0.2) is 39.0 Å². The number of benzene rings is 3. The van der Waals surface area contributed by atoms with E-state index in [0.29, 0.717) is 35.5 Å². The van der Waals surface area contributed by atoms with Gasteiger partial charge < -0.3 is 25.0 Å². The second kappa shape index (κ2) is 12.8. The Labute approximate surface area is 254 Å². The first-order valence-corrected chi connectivity index (χ1v) is 15.0. The quantitative estimate of drug-likeness (QED) is 0.288. The third-order valence-electron chi connectivity index (χ3n) is 8.70. The van der Waals surface area contributed by atoms with Crippen LogP contribution in [-0.2, 0) is 9.59 Å². The molecule has 1 heterocycles. The number of para-hydroxylation sites is 1. The molecule has 7 nitrogen and oxygen atoms in total.